The minimum atomic E-state index is -0.492. The van der Waals surface area contributed by atoms with Gasteiger partial charge in [0.05, 0.1) is 6.61 Å². The third-order valence-corrected chi connectivity index (χ3v) is 2.11. The van der Waals surface area contributed by atoms with Crippen molar-refractivity contribution in [2.24, 2.45) is 0 Å². The fourth-order valence-electron chi connectivity index (χ4n) is 1.29. The van der Waals surface area contributed by atoms with Crippen molar-refractivity contribution in [2.75, 3.05) is 26.1 Å². The summed E-state index contributed by atoms with van der Waals surface area (Å²) in [5.74, 6) is 0.270. The number of nitrogens with two attached hydrogens (primary N) is 1. The van der Waals surface area contributed by atoms with Crippen molar-refractivity contribution >= 4 is 11.8 Å². The number of aromatic nitrogens is 2. The molecule has 0 radical (unpaired) electrons. The van der Waals surface area contributed by atoms with Crippen LogP contribution in [0.25, 0.3) is 0 Å². The molecule has 0 aromatic carbocycles. The number of anilines is 1. The minimum absolute atomic E-state index is 0.158. The summed E-state index contributed by atoms with van der Waals surface area (Å²) in [4.78, 5) is 19.6. The first-order valence-electron chi connectivity index (χ1n) is 5.46. The van der Waals surface area contributed by atoms with Gasteiger partial charge in [0.2, 0.25) is 0 Å². The minimum Gasteiger partial charge on any atom is -0.462 e. The molecular weight excluding hydrogens is 222 g/mol. The number of hydrogen-bond donors (Lipinski definition) is 1. The molecule has 2 N–H and O–H groups in total. The van der Waals surface area contributed by atoms with Gasteiger partial charge in [-0.25, -0.2) is 14.8 Å². The number of rotatable bonds is 6. The van der Waals surface area contributed by atoms with Crippen LogP contribution in [0.3, 0.4) is 0 Å². The Hall–Kier alpha value is -1.69. The number of carbonyl (C=O) groups is 1. The molecule has 0 aliphatic rings. The molecule has 0 fully saturated rings. The molecule has 0 bridgehead atoms. The number of esters is 1. The second-order valence-electron chi connectivity index (χ2n) is 3.40. The maximum Gasteiger partial charge on any atom is 0.343 e. The molecule has 1 heterocycles. The van der Waals surface area contributed by atoms with Crippen LogP contribution >= 0.6 is 0 Å². The highest BCUT2D eigenvalue weighted by molar-refractivity contribution is 5.93. The summed E-state index contributed by atoms with van der Waals surface area (Å²) in [7, 11) is 1.64. The molecule has 1 rings (SSSR count). The van der Waals surface area contributed by atoms with Gasteiger partial charge in [0.15, 0.2) is 0 Å². The Balaban J connectivity index is 2.68. The zero-order chi connectivity index (χ0) is 12.7. The second-order valence-corrected chi connectivity index (χ2v) is 3.40. The van der Waals surface area contributed by atoms with Gasteiger partial charge in [0.25, 0.3) is 0 Å². The number of hydrogen-bond acceptors (Lipinski definition) is 6. The van der Waals surface area contributed by atoms with Gasteiger partial charge in [-0.2, -0.15) is 0 Å². The lowest BCUT2D eigenvalue weighted by molar-refractivity contribution is 0.0526. The maximum absolute atomic E-state index is 11.4. The van der Waals surface area contributed by atoms with Crippen molar-refractivity contribution < 1.29 is 14.3 Å². The number of methoxy groups -OCH3 is 1. The summed E-state index contributed by atoms with van der Waals surface area (Å²) < 4.78 is 9.76. The van der Waals surface area contributed by atoms with Gasteiger partial charge in [0.1, 0.15) is 17.2 Å². The van der Waals surface area contributed by atoms with Crippen molar-refractivity contribution in [2.45, 2.75) is 19.8 Å². The van der Waals surface area contributed by atoms with Crippen LogP contribution in [-0.2, 0) is 15.9 Å². The zero-order valence-corrected chi connectivity index (χ0v) is 10.1. The lowest BCUT2D eigenvalue weighted by atomic mass is 10.2. The lowest BCUT2D eigenvalue weighted by Crippen LogP contribution is -2.12. The molecule has 0 saturated heterocycles. The molecule has 1 aromatic heterocycles. The lowest BCUT2D eigenvalue weighted by Gasteiger charge is -2.05. The molecule has 0 unspecified atom stereocenters. The molecule has 0 aliphatic carbocycles. The smallest absolute Gasteiger partial charge is 0.343 e. The van der Waals surface area contributed by atoms with Crippen molar-refractivity contribution in [3.8, 4) is 0 Å². The Kier molecular flexibility index (Phi) is 5.35. The normalized spacial score (nSPS) is 10.2. The third kappa shape index (κ3) is 3.99. The van der Waals surface area contributed by atoms with Crippen molar-refractivity contribution in [3.05, 3.63) is 17.6 Å². The number of ether oxygens (including phenoxy) is 2. The highest BCUT2D eigenvalue weighted by atomic mass is 16.5. The molecule has 0 atom stereocenters. The van der Waals surface area contributed by atoms with Crippen molar-refractivity contribution in [1.82, 2.24) is 9.97 Å². The monoisotopic (exact) mass is 239 g/mol. The highest BCUT2D eigenvalue weighted by Gasteiger charge is 2.13. The zero-order valence-electron chi connectivity index (χ0n) is 10.1. The predicted molar refractivity (Wildman–Crippen MR) is 62.6 cm³/mol. The third-order valence-electron chi connectivity index (χ3n) is 2.11. The number of carbonyl (C=O) groups excluding carboxylic acids is 1. The maximum atomic E-state index is 11.4. The van der Waals surface area contributed by atoms with E-state index in [0.29, 0.717) is 25.5 Å². The van der Waals surface area contributed by atoms with E-state index in [4.69, 9.17) is 15.2 Å². The summed E-state index contributed by atoms with van der Waals surface area (Å²) in [5, 5.41) is 0. The Morgan fingerprint density at radius 2 is 2.29 bits per heavy atom. The SMILES string of the molecule is CCOC(=O)c1cnc(CCCOC)nc1N. The van der Waals surface area contributed by atoms with Gasteiger partial charge in [-0.3, -0.25) is 0 Å². The molecule has 0 aliphatic heterocycles. The van der Waals surface area contributed by atoms with Gasteiger partial charge in [-0.15, -0.1) is 0 Å². The largest absolute Gasteiger partial charge is 0.462 e. The predicted octanol–water partition coefficient (Wildman–Crippen LogP) is 0.815. The summed E-state index contributed by atoms with van der Waals surface area (Å²) in [6, 6.07) is 0. The fourth-order valence-corrected chi connectivity index (χ4v) is 1.29. The average molecular weight is 239 g/mol. The Morgan fingerprint density at radius 3 is 2.88 bits per heavy atom. The van der Waals surface area contributed by atoms with Crippen LogP contribution in [0.2, 0.25) is 0 Å². The summed E-state index contributed by atoms with van der Waals surface area (Å²) in [6.45, 7) is 2.67. The van der Waals surface area contributed by atoms with Crippen LogP contribution < -0.4 is 5.73 Å². The molecule has 6 nitrogen and oxygen atoms in total. The first-order valence-corrected chi connectivity index (χ1v) is 5.46. The molecule has 0 spiro atoms. The van der Waals surface area contributed by atoms with E-state index in [0.717, 1.165) is 6.42 Å². The van der Waals surface area contributed by atoms with Crippen LogP contribution in [0.5, 0.6) is 0 Å². The van der Waals surface area contributed by atoms with Gasteiger partial charge in [-0.05, 0) is 13.3 Å². The van der Waals surface area contributed by atoms with E-state index < -0.39 is 5.97 Å². The number of aryl methyl sites for hydroxylation is 1. The van der Waals surface area contributed by atoms with Gasteiger partial charge < -0.3 is 15.2 Å². The van der Waals surface area contributed by atoms with E-state index in [-0.39, 0.29) is 11.4 Å². The number of nitrogens with zero attached hydrogens (tertiary/aromatic N) is 2. The van der Waals surface area contributed by atoms with E-state index >= 15 is 0 Å². The topological polar surface area (TPSA) is 87.3 Å². The molecule has 6 heteroatoms. The summed E-state index contributed by atoms with van der Waals surface area (Å²) in [5.41, 5.74) is 5.88. The Labute approximate surface area is 100 Å². The van der Waals surface area contributed by atoms with E-state index in [2.05, 4.69) is 9.97 Å². The van der Waals surface area contributed by atoms with Crippen LogP contribution in [0, 0.1) is 0 Å². The van der Waals surface area contributed by atoms with E-state index in [1.165, 1.54) is 6.20 Å². The molecular formula is C11H17N3O3. The molecule has 0 amide bonds. The van der Waals surface area contributed by atoms with E-state index in [1.807, 2.05) is 0 Å². The summed E-state index contributed by atoms with van der Waals surface area (Å²) in [6.07, 6.45) is 2.89. The first-order chi connectivity index (χ1) is 8.19. The van der Waals surface area contributed by atoms with Crippen molar-refractivity contribution in [1.29, 1.82) is 0 Å². The number of nitrogen functional groups attached to an aromatic ring is 1. The first kappa shape index (κ1) is 13.4. The molecule has 0 saturated carbocycles. The Morgan fingerprint density at radius 1 is 1.53 bits per heavy atom. The van der Waals surface area contributed by atoms with Crippen LogP contribution in [0.4, 0.5) is 5.82 Å². The summed E-state index contributed by atoms with van der Waals surface area (Å²) >= 11 is 0. The van der Waals surface area contributed by atoms with Crippen LogP contribution in [0.1, 0.15) is 29.5 Å². The second kappa shape index (κ2) is 6.80. The van der Waals surface area contributed by atoms with Gasteiger partial charge in [0, 0.05) is 26.3 Å². The quantitative estimate of drug-likeness (QED) is 0.584. The van der Waals surface area contributed by atoms with Crippen LogP contribution in [0.15, 0.2) is 6.20 Å². The standard InChI is InChI=1S/C11H17N3O3/c1-3-17-11(15)8-7-13-9(14-10(8)12)5-4-6-16-2/h7H,3-6H2,1-2H3,(H2,12,13,14). The molecule has 17 heavy (non-hydrogen) atoms. The molecule has 1 aromatic rings. The van der Waals surface area contributed by atoms with Gasteiger partial charge in [-0.1, -0.05) is 0 Å². The van der Waals surface area contributed by atoms with E-state index in [9.17, 15) is 4.79 Å². The Bertz CT molecular complexity index is 382. The highest BCUT2D eigenvalue weighted by Crippen LogP contribution is 2.10. The van der Waals surface area contributed by atoms with Crippen LogP contribution in [-0.4, -0.2) is 36.3 Å². The fraction of sp³-hybridized carbons (Fsp3) is 0.545. The van der Waals surface area contributed by atoms with Crippen molar-refractivity contribution in [3.63, 3.8) is 0 Å². The molecule has 94 valence electrons. The van der Waals surface area contributed by atoms with E-state index in [1.54, 1.807) is 14.0 Å². The van der Waals surface area contributed by atoms with Gasteiger partial charge >= 0.3 is 5.97 Å². The average Bonchev–Trinajstić information content (AvgIpc) is 2.29.